The molecule has 3 nitrogen and oxygen atoms in total. The van der Waals surface area contributed by atoms with Crippen LogP contribution in [0.1, 0.15) is 12.0 Å². The van der Waals surface area contributed by atoms with E-state index >= 15 is 0 Å². The molecule has 0 aromatic heterocycles. The Balaban J connectivity index is 1.76. The predicted molar refractivity (Wildman–Crippen MR) is 76.7 cm³/mol. The first-order chi connectivity index (χ1) is 9.95. The summed E-state index contributed by atoms with van der Waals surface area (Å²) >= 11 is 1.87. The Morgan fingerprint density at radius 1 is 1.43 bits per heavy atom. The Morgan fingerprint density at radius 2 is 2.24 bits per heavy atom. The van der Waals surface area contributed by atoms with Crippen molar-refractivity contribution in [3.05, 3.63) is 29.8 Å². The number of benzene rings is 1. The average Bonchev–Trinajstić information content (AvgIpc) is 2.95. The maximum absolute atomic E-state index is 12.5. The summed E-state index contributed by atoms with van der Waals surface area (Å²) in [6, 6.07) is 5.07. The van der Waals surface area contributed by atoms with Gasteiger partial charge in [0.1, 0.15) is 18.5 Å². The van der Waals surface area contributed by atoms with Crippen molar-refractivity contribution < 1.29 is 23.0 Å². The van der Waals surface area contributed by atoms with Crippen molar-refractivity contribution in [2.75, 3.05) is 24.7 Å². The van der Waals surface area contributed by atoms with Crippen molar-refractivity contribution in [3.8, 4) is 5.75 Å². The Hall–Kier alpha value is -0.920. The molecule has 1 aromatic carbocycles. The molecular weight excluding hydrogens is 303 g/mol. The molecule has 2 rings (SSSR count). The summed E-state index contributed by atoms with van der Waals surface area (Å²) in [6.45, 7) is 0.346. The molecule has 21 heavy (non-hydrogen) atoms. The lowest BCUT2D eigenvalue weighted by molar-refractivity contribution is -0.137. The number of aliphatic hydroxyl groups excluding tert-OH is 1. The molecule has 1 aliphatic heterocycles. The Bertz CT molecular complexity index is 450. The van der Waals surface area contributed by atoms with Gasteiger partial charge in [0.2, 0.25) is 0 Å². The third-order valence-corrected chi connectivity index (χ3v) is 4.34. The SMILES string of the molecule is O[C@H](CN[C@H]1CCSC1)COc1cccc(C(F)(F)F)c1. The van der Waals surface area contributed by atoms with Crippen molar-refractivity contribution >= 4 is 11.8 Å². The predicted octanol–water partition coefficient (Wildman–Crippen LogP) is 2.54. The first-order valence-corrected chi connectivity index (χ1v) is 7.90. The van der Waals surface area contributed by atoms with E-state index in [1.165, 1.54) is 12.1 Å². The molecule has 118 valence electrons. The number of halogens is 3. The smallest absolute Gasteiger partial charge is 0.416 e. The molecule has 1 aromatic rings. The Kier molecular flexibility index (Phi) is 5.78. The number of aliphatic hydroxyl groups is 1. The molecule has 0 unspecified atom stereocenters. The molecule has 0 spiro atoms. The topological polar surface area (TPSA) is 41.5 Å². The fraction of sp³-hybridized carbons (Fsp3) is 0.571. The molecule has 7 heteroatoms. The van der Waals surface area contributed by atoms with Gasteiger partial charge in [0.25, 0.3) is 0 Å². The van der Waals surface area contributed by atoms with Crippen LogP contribution in [-0.4, -0.2) is 41.9 Å². The van der Waals surface area contributed by atoms with Crippen molar-refractivity contribution in [1.82, 2.24) is 5.32 Å². The van der Waals surface area contributed by atoms with Gasteiger partial charge in [-0.25, -0.2) is 0 Å². The number of ether oxygens (including phenoxy) is 1. The van der Waals surface area contributed by atoms with Crippen molar-refractivity contribution in [2.24, 2.45) is 0 Å². The minimum Gasteiger partial charge on any atom is -0.491 e. The molecule has 0 saturated carbocycles. The first kappa shape index (κ1) is 16.5. The molecule has 0 bridgehead atoms. The van der Waals surface area contributed by atoms with E-state index in [4.69, 9.17) is 4.74 Å². The zero-order valence-corrected chi connectivity index (χ0v) is 12.2. The Morgan fingerprint density at radius 3 is 2.90 bits per heavy atom. The molecule has 1 fully saturated rings. The lowest BCUT2D eigenvalue weighted by Gasteiger charge is -2.17. The highest BCUT2D eigenvalue weighted by molar-refractivity contribution is 7.99. The fourth-order valence-corrected chi connectivity index (χ4v) is 3.20. The number of thioether (sulfide) groups is 1. The van der Waals surface area contributed by atoms with Gasteiger partial charge in [0.05, 0.1) is 5.56 Å². The zero-order chi connectivity index (χ0) is 15.3. The molecule has 1 saturated heterocycles. The summed E-state index contributed by atoms with van der Waals surface area (Å²) in [5, 5.41) is 13.0. The highest BCUT2D eigenvalue weighted by Gasteiger charge is 2.30. The molecule has 2 N–H and O–H groups in total. The van der Waals surface area contributed by atoms with Crippen LogP contribution in [0.5, 0.6) is 5.75 Å². The lowest BCUT2D eigenvalue weighted by atomic mass is 10.2. The summed E-state index contributed by atoms with van der Waals surface area (Å²) in [4.78, 5) is 0. The van der Waals surface area contributed by atoms with Crippen molar-refractivity contribution in [2.45, 2.75) is 24.7 Å². The maximum atomic E-state index is 12.5. The number of rotatable bonds is 6. The standard InChI is InChI=1S/C14H18F3NO2S/c15-14(16,17)10-2-1-3-13(6-10)20-8-12(19)7-18-11-4-5-21-9-11/h1-3,6,11-12,18-19H,4-5,7-9H2/t11-,12+/m0/s1. The number of hydrogen-bond acceptors (Lipinski definition) is 4. The maximum Gasteiger partial charge on any atom is 0.416 e. The molecule has 0 amide bonds. The van der Waals surface area contributed by atoms with Crippen LogP contribution < -0.4 is 10.1 Å². The number of hydrogen-bond donors (Lipinski definition) is 2. The third-order valence-electron chi connectivity index (χ3n) is 3.18. The van der Waals surface area contributed by atoms with Gasteiger partial charge in [-0.1, -0.05) is 6.07 Å². The van der Waals surface area contributed by atoms with Gasteiger partial charge in [-0.2, -0.15) is 24.9 Å². The van der Waals surface area contributed by atoms with Crippen LogP contribution in [0.25, 0.3) is 0 Å². The van der Waals surface area contributed by atoms with Gasteiger partial charge in [0, 0.05) is 18.3 Å². The minimum atomic E-state index is -4.39. The van der Waals surface area contributed by atoms with Crippen LogP contribution in [0.4, 0.5) is 13.2 Å². The Labute approximate surface area is 125 Å². The average molecular weight is 321 g/mol. The first-order valence-electron chi connectivity index (χ1n) is 6.74. The van der Waals surface area contributed by atoms with E-state index in [-0.39, 0.29) is 12.4 Å². The molecule has 2 atom stereocenters. The van der Waals surface area contributed by atoms with Crippen LogP contribution >= 0.6 is 11.8 Å². The van der Waals surface area contributed by atoms with E-state index in [0.717, 1.165) is 30.1 Å². The van der Waals surface area contributed by atoms with Gasteiger partial charge in [0.15, 0.2) is 0 Å². The molecular formula is C14H18F3NO2S. The monoisotopic (exact) mass is 321 g/mol. The van der Waals surface area contributed by atoms with Crippen LogP contribution in [-0.2, 0) is 6.18 Å². The lowest BCUT2D eigenvalue weighted by Crippen LogP contribution is -2.38. The minimum absolute atomic E-state index is 0.0336. The van der Waals surface area contributed by atoms with E-state index in [0.29, 0.717) is 12.6 Å². The highest BCUT2D eigenvalue weighted by atomic mass is 32.2. The van der Waals surface area contributed by atoms with Crippen molar-refractivity contribution in [3.63, 3.8) is 0 Å². The van der Waals surface area contributed by atoms with Crippen molar-refractivity contribution in [1.29, 1.82) is 0 Å². The van der Waals surface area contributed by atoms with Crippen LogP contribution in [0.3, 0.4) is 0 Å². The fourth-order valence-electron chi connectivity index (χ4n) is 2.01. The molecule has 1 heterocycles. The van der Waals surface area contributed by atoms with E-state index < -0.39 is 17.8 Å². The van der Waals surface area contributed by atoms with Gasteiger partial charge >= 0.3 is 6.18 Å². The highest BCUT2D eigenvalue weighted by Crippen LogP contribution is 2.31. The number of nitrogens with one attached hydrogen (secondary N) is 1. The van der Waals surface area contributed by atoms with E-state index in [1.807, 2.05) is 11.8 Å². The summed E-state index contributed by atoms with van der Waals surface area (Å²) in [7, 11) is 0. The second-order valence-corrected chi connectivity index (χ2v) is 6.11. The largest absolute Gasteiger partial charge is 0.491 e. The molecule has 0 radical (unpaired) electrons. The summed E-state index contributed by atoms with van der Waals surface area (Å²) in [5.74, 6) is 2.26. The normalized spacial score (nSPS) is 20.5. The third kappa shape index (κ3) is 5.41. The quantitative estimate of drug-likeness (QED) is 0.845. The van der Waals surface area contributed by atoms with Gasteiger partial charge in [-0.05, 0) is 30.4 Å². The second-order valence-electron chi connectivity index (χ2n) is 4.96. The summed E-state index contributed by atoms with van der Waals surface area (Å²) in [6.07, 6.45) is -4.06. The number of alkyl halides is 3. The second kappa shape index (κ2) is 7.38. The van der Waals surface area contributed by atoms with E-state index in [1.54, 1.807) is 0 Å². The van der Waals surface area contributed by atoms with Gasteiger partial charge < -0.3 is 15.2 Å². The van der Waals surface area contributed by atoms with E-state index in [9.17, 15) is 18.3 Å². The zero-order valence-electron chi connectivity index (χ0n) is 11.4. The van der Waals surface area contributed by atoms with Crippen LogP contribution in [0.2, 0.25) is 0 Å². The van der Waals surface area contributed by atoms with Crippen LogP contribution in [0.15, 0.2) is 24.3 Å². The van der Waals surface area contributed by atoms with Gasteiger partial charge in [-0.3, -0.25) is 0 Å². The summed E-state index contributed by atoms with van der Waals surface area (Å²) < 4.78 is 42.9. The molecule has 0 aliphatic carbocycles. The molecule has 1 aliphatic rings. The van der Waals surface area contributed by atoms with E-state index in [2.05, 4.69) is 5.32 Å². The summed E-state index contributed by atoms with van der Waals surface area (Å²) in [5.41, 5.74) is -0.754. The van der Waals surface area contributed by atoms with Gasteiger partial charge in [-0.15, -0.1) is 0 Å². The van der Waals surface area contributed by atoms with Crippen LogP contribution in [0, 0.1) is 0 Å².